The van der Waals surface area contributed by atoms with Crippen LogP contribution in [0.25, 0.3) is 0 Å². The molecule has 110 valence electrons. The number of hydrogen-bond donors (Lipinski definition) is 2. The van der Waals surface area contributed by atoms with Gasteiger partial charge < -0.3 is 15.2 Å². The highest BCUT2D eigenvalue weighted by Gasteiger charge is 2.08. The summed E-state index contributed by atoms with van der Waals surface area (Å²) in [5, 5.41) is 12.2. The van der Waals surface area contributed by atoms with Gasteiger partial charge in [0.05, 0.1) is 18.4 Å². The van der Waals surface area contributed by atoms with E-state index >= 15 is 0 Å². The van der Waals surface area contributed by atoms with Gasteiger partial charge in [0.25, 0.3) is 0 Å². The molecular formula is C15H13Br2NO3. The van der Waals surface area contributed by atoms with Crippen molar-refractivity contribution in [1.82, 2.24) is 0 Å². The maximum atomic E-state index is 10.9. The third kappa shape index (κ3) is 3.98. The molecule has 0 aliphatic rings. The van der Waals surface area contributed by atoms with Crippen LogP contribution in [0.4, 0.5) is 5.69 Å². The number of benzene rings is 2. The van der Waals surface area contributed by atoms with Crippen LogP contribution < -0.4 is 10.1 Å². The van der Waals surface area contributed by atoms with Gasteiger partial charge >= 0.3 is 5.97 Å². The van der Waals surface area contributed by atoms with Gasteiger partial charge in [-0.3, -0.25) is 0 Å². The second kappa shape index (κ2) is 6.95. The van der Waals surface area contributed by atoms with E-state index in [1.54, 1.807) is 25.3 Å². The summed E-state index contributed by atoms with van der Waals surface area (Å²) in [7, 11) is 1.62. The van der Waals surface area contributed by atoms with E-state index in [2.05, 4.69) is 37.2 Å². The zero-order valence-corrected chi connectivity index (χ0v) is 14.4. The van der Waals surface area contributed by atoms with Crippen molar-refractivity contribution in [2.24, 2.45) is 0 Å². The van der Waals surface area contributed by atoms with Crippen molar-refractivity contribution < 1.29 is 14.6 Å². The Morgan fingerprint density at radius 2 is 1.95 bits per heavy atom. The lowest BCUT2D eigenvalue weighted by Crippen LogP contribution is -2.03. The van der Waals surface area contributed by atoms with Crippen LogP contribution in [0.3, 0.4) is 0 Å². The summed E-state index contributed by atoms with van der Waals surface area (Å²) in [6.45, 7) is 0.562. The highest BCUT2D eigenvalue weighted by Crippen LogP contribution is 2.28. The highest BCUT2D eigenvalue weighted by atomic mass is 79.9. The number of anilines is 1. The Labute approximate surface area is 139 Å². The molecule has 0 fully saturated rings. The molecule has 21 heavy (non-hydrogen) atoms. The van der Waals surface area contributed by atoms with Crippen molar-refractivity contribution in [3.63, 3.8) is 0 Å². The molecule has 6 heteroatoms. The number of ether oxygens (including phenoxy) is 1. The first kappa shape index (κ1) is 15.9. The summed E-state index contributed by atoms with van der Waals surface area (Å²) in [4.78, 5) is 10.9. The number of hydrogen-bond acceptors (Lipinski definition) is 3. The molecule has 0 aromatic heterocycles. The molecular weight excluding hydrogens is 402 g/mol. The fraction of sp³-hybridized carbons (Fsp3) is 0.133. The van der Waals surface area contributed by atoms with Crippen LogP contribution in [-0.2, 0) is 6.54 Å². The highest BCUT2D eigenvalue weighted by molar-refractivity contribution is 9.11. The predicted octanol–water partition coefficient (Wildman–Crippen LogP) is 4.53. The van der Waals surface area contributed by atoms with E-state index in [4.69, 9.17) is 9.84 Å². The van der Waals surface area contributed by atoms with Crippen LogP contribution in [0.5, 0.6) is 5.75 Å². The third-order valence-corrected chi connectivity index (χ3v) is 4.37. The summed E-state index contributed by atoms with van der Waals surface area (Å²) < 4.78 is 6.88. The number of methoxy groups -OCH3 is 1. The van der Waals surface area contributed by atoms with Gasteiger partial charge in [-0.2, -0.15) is 0 Å². The first-order chi connectivity index (χ1) is 10.0. The lowest BCUT2D eigenvalue weighted by Gasteiger charge is -2.12. The molecule has 0 spiro atoms. The van der Waals surface area contributed by atoms with Crippen LogP contribution >= 0.6 is 31.9 Å². The topological polar surface area (TPSA) is 58.6 Å². The molecule has 0 atom stereocenters. The summed E-state index contributed by atoms with van der Waals surface area (Å²) in [6.07, 6.45) is 0. The Balaban J connectivity index is 2.15. The predicted molar refractivity (Wildman–Crippen MR) is 89.1 cm³/mol. The molecule has 2 aromatic carbocycles. The van der Waals surface area contributed by atoms with Crippen molar-refractivity contribution in [2.45, 2.75) is 6.54 Å². The average Bonchev–Trinajstić information content (AvgIpc) is 2.47. The molecule has 0 amide bonds. The Morgan fingerprint density at radius 1 is 1.19 bits per heavy atom. The van der Waals surface area contributed by atoms with E-state index in [1.807, 2.05) is 18.2 Å². The smallest absolute Gasteiger partial charge is 0.335 e. The lowest BCUT2D eigenvalue weighted by molar-refractivity contribution is 0.0697. The Morgan fingerprint density at radius 3 is 2.57 bits per heavy atom. The number of carboxylic acids is 1. The Kier molecular flexibility index (Phi) is 5.25. The molecule has 0 bridgehead atoms. The molecule has 2 N–H and O–H groups in total. The average molecular weight is 415 g/mol. The lowest BCUT2D eigenvalue weighted by atomic mass is 10.1. The van der Waals surface area contributed by atoms with Gasteiger partial charge in [0.2, 0.25) is 0 Å². The first-order valence-electron chi connectivity index (χ1n) is 6.10. The summed E-state index contributed by atoms with van der Waals surface area (Å²) in [5.41, 5.74) is 2.13. The SMILES string of the molecule is COc1ccc(Br)c(NCc2ccc(C(=O)O)cc2Br)c1. The molecule has 0 radical (unpaired) electrons. The van der Waals surface area contributed by atoms with Crippen LogP contribution in [0.1, 0.15) is 15.9 Å². The minimum Gasteiger partial charge on any atom is -0.497 e. The Bertz CT molecular complexity index is 674. The number of rotatable bonds is 5. The second-order valence-corrected chi connectivity index (χ2v) is 6.02. The molecule has 4 nitrogen and oxygen atoms in total. The molecule has 0 unspecified atom stereocenters. The zero-order valence-electron chi connectivity index (χ0n) is 11.2. The monoisotopic (exact) mass is 413 g/mol. The fourth-order valence-corrected chi connectivity index (χ4v) is 2.69. The van der Waals surface area contributed by atoms with Crippen LogP contribution in [0, 0.1) is 0 Å². The maximum absolute atomic E-state index is 10.9. The molecule has 0 heterocycles. The minimum absolute atomic E-state index is 0.258. The number of nitrogens with one attached hydrogen (secondary N) is 1. The van der Waals surface area contributed by atoms with Crippen LogP contribution in [-0.4, -0.2) is 18.2 Å². The van der Waals surface area contributed by atoms with E-state index in [-0.39, 0.29) is 5.56 Å². The van der Waals surface area contributed by atoms with Crippen LogP contribution in [0.2, 0.25) is 0 Å². The number of carboxylic acid groups (broad SMARTS) is 1. The van der Waals surface area contributed by atoms with Gasteiger partial charge in [-0.25, -0.2) is 4.79 Å². The van der Waals surface area contributed by atoms with E-state index in [0.29, 0.717) is 6.54 Å². The number of aromatic carboxylic acids is 1. The normalized spacial score (nSPS) is 10.2. The molecule has 0 saturated carbocycles. The van der Waals surface area contributed by atoms with Gasteiger partial charge in [0, 0.05) is 21.6 Å². The largest absolute Gasteiger partial charge is 0.497 e. The van der Waals surface area contributed by atoms with Gasteiger partial charge in [0.15, 0.2) is 0 Å². The van der Waals surface area contributed by atoms with Gasteiger partial charge in [-0.05, 0) is 45.8 Å². The van der Waals surface area contributed by atoms with E-state index in [1.165, 1.54) is 0 Å². The van der Waals surface area contributed by atoms with E-state index in [9.17, 15) is 4.79 Å². The van der Waals surface area contributed by atoms with Crippen molar-refractivity contribution in [2.75, 3.05) is 12.4 Å². The molecule has 0 aliphatic heterocycles. The van der Waals surface area contributed by atoms with Crippen molar-refractivity contribution >= 4 is 43.5 Å². The second-order valence-electron chi connectivity index (χ2n) is 4.31. The minimum atomic E-state index is -0.939. The maximum Gasteiger partial charge on any atom is 0.335 e. The number of halogens is 2. The molecule has 0 aliphatic carbocycles. The van der Waals surface area contributed by atoms with Crippen molar-refractivity contribution in [3.05, 3.63) is 56.5 Å². The van der Waals surface area contributed by atoms with Crippen LogP contribution in [0.15, 0.2) is 45.3 Å². The first-order valence-corrected chi connectivity index (χ1v) is 7.69. The summed E-state index contributed by atoms with van der Waals surface area (Å²) >= 11 is 6.87. The zero-order chi connectivity index (χ0) is 15.4. The molecule has 2 rings (SSSR count). The van der Waals surface area contributed by atoms with Gasteiger partial charge in [0.1, 0.15) is 5.75 Å². The molecule has 0 saturated heterocycles. The quantitative estimate of drug-likeness (QED) is 0.754. The summed E-state index contributed by atoms with van der Waals surface area (Å²) in [6, 6.07) is 10.6. The van der Waals surface area contributed by atoms with Crippen molar-refractivity contribution in [3.8, 4) is 5.75 Å². The molecule has 2 aromatic rings. The number of carbonyl (C=O) groups is 1. The third-order valence-electron chi connectivity index (χ3n) is 2.94. The summed E-state index contributed by atoms with van der Waals surface area (Å²) in [5.74, 6) is -0.174. The van der Waals surface area contributed by atoms with E-state index in [0.717, 1.165) is 25.9 Å². The standard InChI is InChI=1S/C15H13Br2NO3/c1-21-11-4-5-12(16)14(7-11)18-8-10-3-2-9(15(19)20)6-13(10)17/h2-7,18H,8H2,1H3,(H,19,20). The van der Waals surface area contributed by atoms with E-state index < -0.39 is 5.97 Å². The fourth-order valence-electron chi connectivity index (χ4n) is 1.78. The van der Waals surface area contributed by atoms with Gasteiger partial charge in [-0.1, -0.05) is 22.0 Å². The Hall–Kier alpha value is -1.53. The van der Waals surface area contributed by atoms with Crippen molar-refractivity contribution in [1.29, 1.82) is 0 Å². The van der Waals surface area contributed by atoms with Gasteiger partial charge in [-0.15, -0.1) is 0 Å².